The Morgan fingerprint density at radius 1 is 1.26 bits per heavy atom. The number of carbonyl (C=O) groups excluding carboxylic acids is 1. The van der Waals surface area contributed by atoms with Crippen molar-refractivity contribution in [3.63, 3.8) is 0 Å². The summed E-state index contributed by atoms with van der Waals surface area (Å²) in [6.45, 7) is 4.65. The van der Waals surface area contributed by atoms with E-state index < -0.39 is 11.9 Å². The fraction of sp³-hybridized carbons (Fsp3) is 0.357. The van der Waals surface area contributed by atoms with E-state index in [0.29, 0.717) is 43.1 Å². The van der Waals surface area contributed by atoms with Gasteiger partial charge in [0, 0.05) is 37.6 Å². The van der Waals surface area contributed by atoms with Crippen molar-refractivity contribution in [3.05, 3.63) is 65.8 Å². The number of amides is 1. The zero-order valence-electron chi connectivity index (χ0n) is 21.2. The number of aromatic nitrogens is 2. The quantitative estimate of drug-likeness (QED) is 0.295. The van der Waals surface area contributed by atoms with Gasteiger partial charge in [-0.15, -0.1) is 0 Å². The number of pyridine rings is 1. The van der Waals surface area contributed by atoms with Crippen molar-refractivity contribution in [2.24, 2.45) is 5.92 Å². The van der Waals surface area contributed by atoms with Crippen molar-refractivity contribution in [1.29, 1.82) is 0 Å². The van der Waals surface area contributed by atoms with Gasteiger partial charge in [0.25, 0.3) is 11.8 Å². The van der Waals surface area contributed by atoms with Crippen LogP contribution >= 0.6 is 0 Å². The number of rotatable bonds is 10. The molecule has 3 aromatic heterocycles. The van der Waals surface area contributed by atoms with Gasteiger partial charge in [0.05, 0.1) is 17.9 Å². The number of aliphatic carboxylic acids is 1. The van der Waals surface area contributed by atoms with Gasteiger partial charge in [-0.1, -0.05) is 12.1 Å². The van der Waals surface area contributed by atoms with Crippen LogP contribution in [-0.4, -0.2) is 58.1 Å². The molecule has 5 rings (SSSR count). The number of carboxylic acids is 1. The van der Waals surface area contributed by atoms with Gasteiger partial charge in [-0.2, -0.15) is 0 Å². The highest BCUT2D eigenvalue weighted by Crippen LogP contribution is 2.38. The lowest BCUT2D eigenvalue weighted by atomic mass is 9.98. The SMILES string of the molecule is Cc1c(-c2nc(C(=O)N3CCCC(C(=O)O)C3)co2)oc2cccc(OCCCNCc3cccnc3)c12. The molecule has 0 radical (unpaired) electrons. The predicted molar refractivity (Wildman–Crippen MR) is 139 cm³/mol. The fourth-order valence-electron chi connectivity index (χ4n) is 4.71. The second kappa shape index (κ2) is 11.5. The Labute approximate surface area is 219 Å². The van der Waals surface area contributed by atoms with Crippen LogP contribution in [0.15, 0.2) is 57.8 Å². The number of hydrogen-bond donors (Lipinski definition) is 2. The molecule has 1 aromatic carbocycles. The number of fused-ring (bicyclic) bond motifs is 1. The van der Waals surface area contributed by atoms with Crippen molar-refractivity contribution in [2.45, 2.75) is 32.7 Å². The van der Waals surface area contributed by atoms with Crippen LogP contribution in [-0.2, 0) is 11.3 Å². The molecule has 0 spiro atoms. The van der Waals surface area contributed by atoms with Crippen LogP contribution in [0.1, 0.15) is 40.9 Å². The molecule has 38 heavy (non-hydrogen) atoms. The Morgan fingerprint density at radius 2 is 2.16 bits per heavy atom. The monoisotopic (exact) mass is 518 g/mol. The first kappa shape index (κ1) is 25.5. The Morgan fingerprint density at radius 3 is 2.97 bits per heavy atom. The summed E-state index contributed by atoms with van der Waals surface area (Å²) in [6.07, 6.45) is 6.93. The van der Waals surface area contributed by atoms with E-state index in [0.717, 1.165) is 36.0 Å². The molecule has 198 valence electrons. The summed E-state index contributed by atoms with van der Waals surface area (Å²) in [6, 6.07) is 9.57. The van der Waals surface area contributed by atoms with Crippen LogP contribution in [0.2, 0.25) is 0 Å². The number of benzene rings is 1. The van der Waals surface area contributed by atoms with E-state index in [1.54, 1.807) is 6.20 Å². The van der Waals surface area contributed by atoms with Gasteiger partial charge in [0.2, 0.25) is 0 Å². The molecule has 1 amide bonds. The van der Waals surface area contributed by atoms with Gasteiger partial charge in [-0.3, -0.25) is 14.6 Å². The zero-order valence-corrected chi connectivity index (χ0v) is 21.2. The number of hydrogen-bond acceptors (Lipinski definition) is 8. The normalized spacial score (nSPS) is 15.6. The summed E-state index contributed by atoms with van der Waals surface area (Å²) < 4.78 is 17.8. The lowest BCUT2D eigenvalue weighted by molar-refractivity contribution is -0.143. The lowest BCUT2D eigenvalue weighted by Gasteiger charge is -2.29. The summed E-state index contributed by atoms with van der Waals surface area (Å²) >= 11 is 0. The number of furan rings is 1. The minimum atomic E-state index is -0.889. The molecule has 4 aromatic rings. The van der Waals surface area contributed by atoms with E-state index >= 15 is 0 Å². The average Bonchev–Trinajstić information content (AvgIpc) is 3.56. The number of carbonyl (C=O) groups is 2. The van der Waals surface area contributed by atoms with Gasteiger partial charge in [-0.05, 0) is 56.5 Å². The summed E-state index contributed by atoms with van der Waals surface area (Å²) in [5.74, 6) is -0.471. The largest absolute Gasteiger partial charge is 0.493 e. The van der Waals surface area contributed by atoms with Crippen LogP contribution in [0, 0.1) is 12.8 Å². The highest BCUT2D eigenvalue weighted by Gasteiger charge is 2.30. The van der Waals surface area contributed by atoms with Crippen molar-refractivity contribution in [3.8, 4) is 17.4 Å². The first-order chi connectivity index (χ1) is 18.5. The summed E-state index contributed by atoms with van der Waals surface area (Å²) in [5, 5.41) is 13.5. The minimum absolute atomic E-state index is 0.126. The molecule has 0 aliphatic carbocycles. The van der Waals surface area contributed by atoms with Crippen LogP contribution in [0.3, 0.4) is 0 Å². The molecule has 1 unspecified atom stereocenters. The minimum Gasteiger partial charge on any atom is -0.493 e. The van der Waals surface area contributed by atoms with E-state index in [1.165, 1.54) is 11.2 Å². The molecule has 1 atom stereocenters. The van der Waals surface area contributed by atoms with Crippen molar-refractivity contribution >= 4 is 22.8 Å². The van der Waals surface area contributed by atoms with Crippen LogP contribution in [0.4, 0.5) is 0 Å². The van der Waals surface area contributed by atoms with Gasteiger partial charge in [-0.25, -0.2) is 4.98 Å². The average molecular weight is 519 g/mol. The van der Waals surface area contributed by atoms with Gasteiger partial charge in [0.15, 0.2) is 11.5 Å². The van der Waals surface area contributed by atoms with E-state index in [1.807, 2.05) is 43.5 Å². The summed E-state index contributed by atoms with van der Waals surface area (Å²) in [7, 11) is 0. The predicted octanol–water partition coefficient (Wildman–Crippen LogP) is 4.29. The third kappa shape index (κ3) is 5.55. The number of piperidine rings is 1. The third-order valence-electron chi connectivity index (χ3n) is 6.70. The fourth-order valence-corrected chi connectivity index (χ4v) is 4.71. The molecule has 2 N–H and O–H groups in total. The molecule has 10 heteroatoms. The Kier molecular flexibility index (Phi) is 7.69. The molecule has 10 nitrogen and oxygen atoms in total. The van der Waals surface area contributed by atoms with Crippen molar-refractivity contribution in [1.82, 2.24) is 20.2 Å². The zero-order chi connectivity index (χ0) is 26.5. The molecule has 1 aliphatic rings. The van der Waals surface area contributed by atoms with E-state index in [-0.39, 0.29) is 24.0 Å². The first-order valence-electron chi connectivity index (χ1n) is 12.7. The molecular formula is C28H30N4O6. The first-order valence-corrected chi connectivity index (χ1v) is 12.7. The molecular weight excluding hydrogens is 488 g/mol. The highest BCUT2D eigenvalue weighted by molar-refractivity contribution is 5.94. The standard InChI is InChI=1S/C28H30N4O6/c1-18-24-22(36-13-5-11-30-15-19-6-3-10-29-14-19)8-2-9-23(24)38-25(18)26-31-21(17-37-26)27(33)32-12-4-7-20(16-32)28(34)35/h2-3,6,8-10,14,17,20,30H,4-5,7,11-13,15-16H2,1H3,(H,34,35). The molecule has 1 fully saturated rings. The van der Waals surface area contributed by atoms with Crippen LogP contribution in [0.25, 0.3) is 22.6 Å². The van der Waals surface area contributed by atoms with Crippen LogP contribution in [0.5, 0.6) is 5.75 Å². The second-order valence-corrected chi connectivity index (χ2v) is 9.39. The number of aryl methyl sites for hydroxylation is 1. The summed E-state index contributed by atoms with van der Waals surface area (Å²) in [5.41, 5.74) is 2.70. The molecule has 0 bridgehead atoms. The van der Waals surface area contributed by atoms with E-state index in [9.17, 15) is 14.7 Å². The lowest BCUT2D eigenvalue weighted by Crippen LogP contribution is -2.42. The molecule has 1 saturated heterocycles. The number of nitrogens with zero attached hydrogens (tertiary/aromatic N) is 3. The highest BCUT2D eigenvalue weighted by atomic mass is 16.5. The summed E-state index contributed by atoms with van der Waals surface area (Å²) in [4.78, 5) is 34.3. The Balaban J connectivity index is 1.23. The Hall–Kier alpha value is -4.18. The number of oxazole rings is 1. The number of ether oxygens (including phenoxy) is 1. The molecule has 4 heterocycles. The smallest absolute Gasteiger partial charge is 0.308 e. The molecule has 0 saturated carbocycles. The van der Waals surface area contributed by atoms with E-state index in [2.05, 4.69) is 15.3 Å². The van der Waals surface area contributed by atoms with Gasteiger partial charge < -0.3 is 28.9 Å². The maximum absolute atomic E-state index is 12.9. The second-order valence-electron chi connectivity index (χ2n) is 9.39. The van der Waals surface area contributed by atoms with Gasteiger partial charge >= 0.3 is 5.97 Å². The van der Waals surface area contributed by atoms with Gasteiger partial charge in [0.1, 0.15) is 17.6 Å². The van der Waals surface area contributed by atoms with Crippen molar-refractivity contribution in [2.75, 3.05) is 26.2 Å². The van der Waals surface area contributed by atoms with Crippen molar-refractivity contribution < 1.29 is 28.3 Å². The number of likely N-dealkylation sites (tertiary alicyclic amines) is 1. The Bertz CT molecular complexity index is 1410. The number of carboxylic acid groups (broad SMARTS) is 1. The van der Waals surface area contributed by atoms with Crippen LogP contribution < -0.4 is 10.1 Å². The topological polar surface area (TPSA) is 131 Å². The molecule has 1 aliphatic heterocycles. The maximum Gasteiger partial charge on any atom is 0.308 e. The maximum atomic E-state index is 12.9. The third-order valence-corrected chi connectivity index (χ3v) is 6.70. The van der Waals surface area contributed by atoms with E-state index in [4.69, 9.17) is 13.6 Å². The number of nitrogens with one attached hydrogen (secondary N) is 1.